The summed E-state index contributed by atoms with van der Waals surface area (Å²) >= 11 is 0. The molecule has 2 spiro atoms. The van der Waals surface area contributed by atoms with E-state index in [9.17, 15) is 4.79 Å². The van der Waals surface area contributed by atoms with Gasteiger partial charge in [-0.15, -0.1) is 0 Å². The van der Waals surface area contributed by atoms with E-state index in [1.165, 1.54) is 56.9 Å². The second kappa shape index (κ2) is 6.84. The van der Waals surface area contributed by atoms with Gasteiger partial charge in [0.2, 0.25) is 0 Å². The van der Waals surface area contributed by atoms with E-state index in [4.69, 9.17) is 9.47 Å². The van der Waals surface area contributed by atoms with E-state index in [0.29, 0.717) is 18.8 Å². The minimum absolute atomic E-state index is 0.193. The molecule has 1 saturated heterocycles. The largest absolute Gasteiger partial charge is 0.367 e. The number of ketones is 1. The van der Waals surface area contributed by atoms with Crippen LogP contribution in [0, 0.1) is 0 Å². The zero-order valence-corrected chi connectivity index (χ0v) is 14.0. The van der Waals surface area contributed by atoms with Crippen LogP contribution < -0.4 is 0 Å². The van der Waals surface area contributed by atoms with Crippen molar-refractivity contribution in [2.75, 3.05) is 13.2 Å². The van der Waals surface area contributed by atoms with E-state index in [1.807, 2.05) is 0 Å². The molecule has 124 valence electrons. The molecule has 2 saturated carbocycles. The Kier molecular flexibility index (Phi) is 5.03. The molecule has 4 aliphatic rings. The van der Waals surface area contributed by atoms with Gasteiger partial charge in [-0.1, -0.05) is 44.6 Å². The van der Waals surface area contributed by atoms with Crippen LogP contribution in [0.3, 0.4) is 0 Å². The number of rotatable bonds is 0. The predicted molar refractivity (Wildman–Crippen MR) is 86.9 cm³/mol. The van der Waals surface area contributed by atoms with Gasteiger partial charge in [0.15, 0.2) is 5.78 Å². The monoisotopic (exact) mass is 306 g/mol. The lowest BCUT2D eigenvalue weighted by Crippen LogP contribution is -2.37. The van der Waals surface area contributed by atoms with Crippen molar-refractivity contribution in [1.29, 1.82) is 0 Å². The summed E-state index contributed by atoms with van der Waals surface area (Å²) in [6.07, 6.45) is 15.1. The van der Waals surface area contributed by atoms with Crippen molar-refractivity contribution in [2.45, 2.75) is 88.8 Å². The molecule has 22 heavy (non-hydrogen) atoms. The van der Waals surface area contributed by atoms with Gasteiger partial charge in [-0.3, -0.25) is 4.79 Å². The molecule has 0 atom stereocenters. The van der Waals surface area contributed by atoms with Crippen molar-refractivity contribution >= 4 is 5.78 Å². The third kappa shape index (κ3) is 3.16. The van der Waals surface area contributed by atoms with Crippen molar-refractivity contribution in [1.82, 2.24) is 0 Å². The zero-order valence-electron chi connectivity index (χ0n) is 14.0. The molecule has 2 heterocycles. The molecule has 0 aromatic carbocycles. The van der Waals surface area contributed by atoms with Crippen molar-refractivity contribution in [3.05, 3.63) is 11.6 Å². The number of hydrogen-bond acceptors (Lipinski definition) is 3. The van der Waals surface area contributed by atoms with Crippen LogP contribution in [0.15, 0.2) is 11.6 Å². The first-order chi connectivity index (χ1) is 10.7. The van der Waals surface area contributed by atoms with Crippen LogP contribution in [-0.4, -0.2) is 30.2 Å². The van der Waals surface area contributed by atoms with Crippen molar-refractivity contribution in [3.63, 3.8) is 0 Å². The number of carbonyl (C=O) groups is 1. The molecule has 0 unspecified atom stereocenters. The van der Waals surface area contributed by atoms with Gasteiger partial charge < -0.3 is 9.47 Å². The minimum Gasteiger partial charge on any atom is -0.367 e. The Hall–Kier alpha value is -0.670. The Morgan fingerprint density at radius 2 is 1.45 bits per heavy atom. The summed E-state index contributed by atoms with van der Waals surface area (Å²) in [6.45, 7) is 3.74. The Morgan fingerprint density at radius 1 is 0.864 bits per heavy atom. The van der Waals surface area contributed by atoms with E-state index in [2.05, 4.69) is 13.0 Å². The average Bonchev–Trinajstić information content (AvgIpc) is 3.07. The molecule has 0 radical (unpaired) electrons. The fourth-order valence-corrected chi connectivity index (χ4v) is 4.48. The summed E-state index contributed by atoms with van der Waals surface area (Å²) in [7, 11) is 0. The van der Waals surface area contributed by atoms with Crippen molar-refractivity contribution < 1.29 is 14.3 Å². The lowest BCUT2D eigenvalue weighted by atomic mass is 9.80. The van der Waals surface area contributed by atoms with E-state index >= 15 is 0 Å². The van der Waals surface area contributed by atoms with Crippen LogP contribution in [0.25, 0.3) is 0 Å². The second-order valence-electron chi connectivity index (χ2n) is 7.33. The van der Waals surface area contributed by atoms with Gasteiger partial charge in [-0.2, -0.15) is 0 Å². The number of carbonyl (C=O) groups excluding carboxylic acids is 1. The highest BCUT2D eigenvalue weighted by Crippen LogP contribution is 2.40. The van der Waals surface area contributed by atoms with E-state index in [1.54, 1.807) is 0 Å². The zero-order chi connectivity index (χ0) is 15.5. The predicted octanol–water partition coefficient (Wildman–Crippen LogP) is 4.34. The lowest BCUT2D eigenvalue weighted by Gasteiger charge is -2.34. The number of hydrogen-bond donors (Lipinski definition) is 0. The summed E-state index contributed by atoms with van der Waals surface area (Å²) < 4.78 is 11.3. The van der Waals surface area contributed by atoms with Gasteiger partial charge in [0.05, 0.1) is 18.8 Å². The van der Waals surface area contributed by atoms with Gasteiger partial charge in [-0.05, 0) is 38.2 Å². The highest BCUT2D eigenvalue weighted by molar-refractivity contribution is 5.89. The standard InChI is InChI=1S/C10H16O.C9H14O2/c1-9-5-8-11-10(9)6-3-2-4-7-10;10-8-4-7-11-9(8)5-2-1-3-6-9/h5H,2-4,6-8H2,1H3;1-7H2. The van der Waals surface area contributed by atoms with Gasteiger partial charge >= 0.3 is 0 Å². The van der Waals surface area contributed by atoms with Crippen LogP contribution >= 0.6 is 0 Å². The average molecular weight is 306 g/mol. The fourth-order valence-electron chi connectivity index (χ4n) is 4.48. The van der Waals surface area contributed by atoms with Crippen molar-refractivity contribution in [3.8, 4) is 0 Å². The minimum atomic E-state index is -0.307. The molecular weight excluding hydrogens is 276 g/mol. The quantitative estimate of drug-likeness (QED) is 0.624. The molecule has 2 aliphatic carbocycles. The summed E-state index contributed by atoms with van der Waals surface area (Å²) in [5.74, 6) is 0.359. The van der Waals surface area contributed by atoms with E-state index in [-0.39, 0.29) is 11.2 Å². The maximum atomic E-state index is 11.4. The summed E-state index contributed by atoms with van der Waals surface area (Å²) in [5, 5.41) is 0. The van der Waals surface area contributed by atoms with Crippen LogP contribution in [0.2, 0.25) is 0 Å². The maximum Gasteiger partial charge on any atom is 0.166 e. The summed E-state index contributed by atoms with van der Waals surface area (Å²) in [5.41, 5.74) is 1.37. The maximum absolute atomic E-state index is 11.4. The Balaban J connectivity index is 0.000000131. The molecule has 0 aromatic rings. The van der Waals surface area contributed by atoms with Gasteiger partial charge in [0, 0.05) is 6.42 Å². The molecule has 3 heteroatoms. The van der Waals surface area contributed by atoms with Crippen LogP contribution in [0.4, 0.5) is 0 Å². The van der Waals surface area contributed by atoms with E-state index in [0.717, 1.165) is 19.4 Å². The van der Waals surface area contributed by atoms with Crippen LogP contribution in [0.5, 0.6) is 0 Å². The Morgan fingerprint density at radius 3 is 1.91 bits per heavy atom. The molecule has 0 aromatic heterocycles. The fraction of sp³-hybridized carbons (Fsp3) is 0.842. The molecule has 4 rings (SSSR count). The highest BCUT2D eigenvalue weighted by Gasteiger charge is 2.43. The molecule has 2 aliphatic heterocycles. The first-order valence-electron chi connectivity index (χ1n) is 9.15. The second-order valence-corrected chi connectivity index (χ2v) is 7.33. The van der Waals surface area contributed by atoms with Crippen LogP contribution in [0.1, 0.15) is 77.6 Å². The molecule has 3 fully saturated rings. The number of ether oxygens (including phenoxy) is 2. The van der Waals surface area contributed by atoms with Crippen molar-refractivity contribution in [2.24, 2.45) is 0 Å². The van der Waals surface area contributed by atoms with E-state index < -0.39 is 0 Å². The molecule has 3 nitrogen and oxygen atoms in total. The summed E-state index contributed by atoms with van der Waals surface area (Å²) in [4.78, 5) is 11.4. The third-order valence-electron chi connectivity index (χ3n) is 6.01. The molecular formula is C19H30O3. The van der Waals surface area contributed by atoms with Crippen LogP contribution in [-0.2, 0) is 14.3 Å². The SMILES string of the molecule is CC1=CCOC12CCCCC2.O=C1CCOC12CCCCC2. The first kappa shape index (κ1) is 16.2. The molecule has 0 bridgehead atoms. The molecule has 0 amide bonds. The third-order valence-corrected chi connectivity index (χ3v) is 6.01. The highest BCUT2D eigenvalue weighted by atomic mass is 16.5. The lowest BCUT2D eigenvalue weighted by molar-refractivity contribution is -0.134. The smallest absolute Gasteiger partial charge is 0.166 e. The first-order valence-corrected chi connectivity index (χ1v) is 9.15. The van der Waals surface area contributed by atoms with Gasteiger partial charge in [0.25, 0.3) is 0 Å². The van der Waals surface area contributed by atoms with Gasteiger partial charge in [-0.25, -0.2) is 0 Å². The number of Topliss-reactive ketones (excluding diaryl/α,β-unsaturated/α-hetero) is 1. The Bertz CT molecular complexity index is 414. The van der Waals surface area contributed by atoms with Gasteiger partial charge in [0.1, 0.15) is 5.60 Å². The summed E-state index contributed by atoms with van der Waals surface area (Å²) in [6, 6.07) is 0. The molecule has 0 N–H and O–H groups in total. The Labute approximate surface area is 134 Å². The normalized spacial score (nSPS) is 29.3. The topological polar surface area (TPSA) is 35.5 Å².